The quantitative estimate of drug-likeness (QED) is 0.923. The second kappa shape index (κ2) is 7.24. The Morgan fingerprint density at radius 3 is 2.71 bits per heavy atom. The zero-order valence-electron chi connectivity index (χ0n) is 14.4. The van der Waals surface area contributed by atoms with Crippen LogP contribution in [0.1, 0.15) is 47.2 Å². The Bertz CT molecular complexity index is 591. The molecule has 0 bridgehead atoms. The molecule has 1 aromatic rings. The zero-order chi connectivity index (χ0) is 16.4. The van der Waals surface area contributed by atoms with Gasteiger partial charge in [0.15, 0.2) is 0 Å². The fourth-order valence-corrected chi connectivity index (χ4v) is 4.08. The van der Waals surface area contributed by atoms with E-state index in [1.165, 1.54) is 36.9 Å². The summed E-state index contributed by atoms with van der Waals surface area (Å²) in [7, 11) is 0. The van der Waals surface area contributed by atoms with Gasteiger partial charge in [-0.25, -0.2) is 0 Å². The highest BCUT2D eigenvalue weighted by molar-refractivity contribution is 5.94. The van der Waals surface area contributed by atoms with Gasteiger partial charge < -0.3 is 10.1 Å². The molecule has 24 heavy (non-hydrogen) atoms. The van der Waals surface area contributed by atoms with Crippen LogP contribution in [0, 0.1) is 5.92 Å². The lowest BCUT2D eigenvalue weighted by Crippen LogP contribution is -2.41. The van der Waals surface area contributed by atoms with E-state index in [1.54, 1.807) is 0 Å². The number of fused-ring (bicyclic) bond motifs is 1. The Morgan fingerprint density at radius 1 is 1.17 bits per heavy atom. The number of hydrogen-bond donors (Lipinski definition) is 1. The molecule has 2 aliphatic heterocycles. The molecule has 0 spiro atoms. The van der Waals surface area contributed by atoms with Gasteiger partial charge in [0.1, 0.15) is 0 Å². The van der Waals surface area contributed by atoms with E-state index in [9.17, 15) is 4.79 Å². The maximum absolute atomic E-state index is 12.4. The minimum absolute atomic E-state index is 0.0600. The van der Waals surface area contributed by atoms with E-state index in [0.717, 1.165) is 57.2 Å². The van der Waals surface area contributed by atoms with Crippen LogP contribution in [0.3, 0.4) is 0 Å². The summed E-state index contributed by atoms with van der Waals surface area (Å²) in [4.78, 5) is 15.1. The molecule has 1 N–H and O–H groups in total. The molecule has 1 saturated heterocycles. The first-order valence-corrected chi connectivity index (χ1v) is 9.51. The number of carbonyl (C=O) groups excluding carboxylic acids is 1. The Kier molecular flexibility index (Phi) is 4.86. The van der Waals surface area contributed by atoms with Crippen LogP contribution >= 0.6 is 0 Å². The third-order valence-corrected chi connectivity index (χ3v) is 5.97. The van der Waals surface area contributed by atoms with Crippen LogP contribution in [-0.2, 0) is 17.6 Å². The smallest absolute Gasteiger partial charge is 0.251 e. The van der Waals surface area contributed by atoms with Crippen LogP contribution in [0.4, 0.5) is 0 Å². The van der Waals surface area contributed by atoms with Gasteiger partial charge in [0.05, 0.1) is 6.61 Å². The molecule has 0 aromatic heterocycles. The van der Waals surface area contributed by atoms with E-state index < -0.39 is 0 Å². The number of nitrogens with zero attached hydrogens (tertiary/aromatic N) is 1. The average Bonchev–Trinajstić information content (AvgIpc) is 2.99. The third-order valence-electron chi connectivity index (χ3n) is 5.97. The van der Waals surface area contributed by atoms with E-state index in [2.05, 4.69) is 22.3 Å². The van der Waals surface area contributed by atoms with Gasteiger partial charge in [-0.15, -0.1) is 0 Å². The molecule has 130 valence electrons. The van der Waals surface area contributed by atoms with Crippen molar-refractivity contribution in [3.63, 3.8) is 0 Å². The van der Waals surface area contributed by atoms with Crippen molar-refractivity contribution in [1.82, 2.24) is 10.2 Å². The number of amides is 1. The summed E-state index contributed by atoms with van der Waals surface area (Å²) in [6.07, 6.45) is 7.38. The first-order valence-electron chi connectivity index (χ1n) is 9.51. The van der Waals surface area contributed by atoms with E-state index in [-0.39, 0.29) is 5.91 Å². The van der Waals surface area contributed by atoms with Gasteiger partial charge in [0, 0.05) is 43.8 Å². The van der Waals surface area contributed by atoms with Crippen molar-refractivity contribution in [1.29, 1.82) is 0 Å². The van der Waals surface area contributed by atoms with E-state index >= 15 is 0 Å². The van der Waals surface area contributed by atoms with E-state index in [0.29, 0.717) is 5.92 Å². The maximum Gasteiger partial charge on any atom is 0.251 e. The summed E-state index contributed by atoms with van der Waals surface area (Å²) >= 11 is 0. The fraction of sp³-hybridized carbons (Fsp3) is 0.650. The Balaban J connectivity index is 1.38. The van der Waals surface area contributed by atoms with Gasteiger partial charge in [-0.2, -0.15) is 0 Å². The van der Waals surface area contributed by atoms with Gasteiger partial charge in [0.2, 0.25) is 0 Å². The lowest BCUT2D eigenvalue weighted by Gasteiger charge is -2.36. The van der Waals surface area contributed by atoms with Crippen LogP contribution in [0.5, 0.6) is 0 Å². The molecule has 1 unspecified atom stereocenters. The third kappa shape index (κ3) is 3.50. The van der Waals surface area contributed by atoms with Crippen molar-refractivity contribution in [2.75, 3.05) is 32.8 Å². The van der Waals surface area contributed by atoms with E-state index in [4.69, 9.17) is 4.74 Å². The molecule has 1 aliphatic carbocycles. The number of ether oxygens (including phenoxy) is 1. The van der Waals surface area contributed by atoms with Crippen molar-refractivity contribution >= 4 is 5.91 Å². The summed E-state index contributed by atoms with van der Waals surface area (Å²) in [5, 5.41) is 3.08. The first-order chi connectivity index (χ1) is 11.8. The van der Waals surface area contributed by atoms with Gasteiger partial charge in [0.25, 0.3) is 5.91 Å². The molecule has 4 rings (SSSR count). The highest BCUT2D eigenvalue weighted by Crippen LogP contribution is 2.27. The fourth-order valence-electron chi connectivity index (χ4n) is 4.08. The number of rotatable bonds is 4. The number of nitrogens with one attached hydrogen (secondary N) is 1. The standard InChI is InChI=1S/C20H28N2O2/c23-20(21-13-15-8-11-24-14-15)18-5-4-16-6-9-22(19-2-1-3-19)10-7-17(16)12-18/h4-5,12,15,19H,1-3,6-11,13-14H2,(H,21,23). The highest BCUT2D eigenvalue weighted by atomic mass is 16.5. The average molecular weight is 328 g/mol. The Labute approximate surface area is 144 Å². The van der Waals surface area contributed by atoms with Crippen LogP contribution in [0.25, 0.3) is 0 Å². The van der Waals surface area contributed by atoms with Crippen LogP contribution < -0.4 is 5.32 Å². The summed E-state index contributed by atoms with van der Waals surface area (Å²) in [6, 6.07) is 7.11. The predicted molar refractivity (Wildman–Crippen MR) is 94.3 cm³/mol. The van der Waals surface area contributed by atoms with Crippen molar-refractivity contribution in [2.45, 2.75) is 44.6 Å². The topological polar surface area (TPSA) is 41.6 Å². The molecule has 1 amide bonds. The summed E-state index contributed by atoms with van der Waals surface area (Å²) in [5.41, 5.74) is 3.61. The van der Waals surface area contributed by atoms with Gasteiger partial charge >= 0.3 is 0 Å². The van der Waals surface area contributed by atoms with Crippen molar-refractivity contribution in [3.8, 4) is 0 Å². The lowest BCUT2D eigenvalue weighted by molar-refractivity contribution is 0.0945. The molecule has 3 aliphatic rings. The van der Waals surface area contributed by atoms with Gasteiger partial charge in [-0.05, 0) is 55.4 Å². The normalized spacial score (nSPS) is 24.9. The molecule has 2 heterocycles. The van der Waals surface area contributed by atoms with Crippen molar-refractivity contribution in [3.05, 3.63) is 34.9 Å². The minimum Gasteiger partial charge on any atom is -0.381 e. The van der Waals surface area contributed by atoms with Crippen LogP contribution in [0.15, 0.2) is 18.2 Å². The molecule has 0 radical (unpaired) electrons. The monoisotopic (exact) mass is 328 g/mol. The largest absolute Gasteiger partial charge is 0.381 e. The van der Waals surface area contributed by atoms with Gasteiger partial charge in [-0.1, -0.05) is 12.5 Å². The number of benzene rings is 1. The summed E-state index contributed by atoms with van der Waals surface area (Å²) in [5.74, 6) is 0.538. The van der Waals surface area contributed by atoms with Crippen LogP contribution in [-0.4, -0.2) is 49.7 Å². The predicted octanol–water partition coefficient (Wildman–Crippen LogP) is 2.41. The summed E-state index contributed by atoms with van der Waals surface area (Å²) in [6.45, 7) is 4.65. The highest BCUT2D eigenvalue weighted by Gasteiger charge is 2.26. The van der Waals surface area contributed by atoms with Crippen molar-refractivity contribution in [2.24, 2.45) is 5.92 Å². The minimum atomic E-state index is 0.0600. The molecule has 1 atom stereocenters. The van der Waals surface area contributed by atoms with E-state index in [1.807, 2.05) is 6.07 Å². The second-order valence-corrected chi connectivity index (χ2v) is 7.54. The number of carbonyl (C=O) groups is 1. The molecule has 1 aromatic carbocycles. The summed E-state index contributed by atoms with van der Waals surface area (Å²) < 4.78 is 5.37. The van der Waals surface area contributed by atoms with Crippen molar-refractivity contribution < 1.29 is 9.53 Å². The molecule has 2 fully saturated rings. The molecular formula is C20H28N2O2. The van der Waals surface area contributed by atoms with Gasteiger partial charge in [-0.3, -0.25) is 9.69 Å². The maximum atomic E-state index is 12.4. The first kappa shape index (κ1) is 16.1. The molecule has 4 heteroatoms. The zero-order valence-corrected chi connectivity index (χ0v) is 14.4. The van der Waals surface area contributed by atoms with Crippen LogP contribution in [0.2, 0.25) is 0 Å². The second-order valence-electron chi connectivity index (χ2n) is 7.54. The molecule has 1 saturated carbocycles. The lowest BCUT2D eigenvalue weighted by atomic mass is 9.91. The Morgan fingerprint density at radius 2 is 2.00 bits per heavy atom. The molecular weight excluding hydrogens is 300 g/mol. The number of hydrogen-bond acceptors (Lipinski definition) is 3. The molecule has 4 nitrogen and oxygen atoms in total. The Hall–Kier alpha value is -1.39. The SMILES string of the molecule is O=C(NCC1CCOC1)c1ccc2c(c1)CCN(C1CCC1)CC2.